The number of nitrogens with zero attached hydrogens (tertiary/aromatic N) is 3. The molecular formula is C17H24N4O3S. The number of amides is 1. The van der Waals surface area contributed by atoms with Gasteiger partial charge in [0.1, 0.15) is 5.52 Å². The predicted octanol–water partition coefficient (Wildman–Crippen LogP) is 1.57. The number of nitrogens with one attached hydrogen (secondary N) is 1. The van der Waals surface area contributed by atoms with Crippen LogP contribution in [0.2, 0.25) is 0 Å². The molecule has 1 aliphatic heterocycles. The number of aromatic nitrogens is 1. The van der Waals surface area contributed by atoms with Crippen LogP contribution in [0.5, 0.6) is 11.5 Å². The van der Waals surface area contributed by atoms with Gasteiger partial charge in [-0.05, 0) is 12.1 Å². The zero-order valence-corrected chi connectivity index (χ0v) is 15.7. The van der Waals surface area contributed by atoms with Crippen molar-refractivity contribution in [3.05, 3.63) is 12.1 Å². The maximum absolute atomic E-state index is 10.9. The Hall–Kier alpha value is -2.06. The van der Waals surface area contributed by atoms with Crippen LogP contribution in [0.3, 0.4) is 0 Å². The average Bonchev–Trinajstić information content (AvgIpc) is 3.05. The number of fused-ring (bicyclic) bond motifs is 1. The molecule has 136 valence electrons. The van der Waals surface area contributed by atoms with Crippen molar-refractivity contribution in [3.63, 3.8) is 0 Å². The molecule has 3 rings (SSSR count). The molecule has 1 saturated heterocycles. The molecule has 1 fully saturated rings. The summed E-state index contributed by atoms with van der Waals surface area (Å²) in [4.78, 5) is 20.4. The summed E-state index contributed by atoms with van der Waals surface area (Å²) in [5.74, 6) is 1.42. The highest BCUT2D eigenvalue weighted by Gasteiger charge is 2.21. The van der Waals surface area contributed by atoms with Crippen molar-refractivity contribution in [2.24, 2.45) is 0 Å². The first-order valence-corrected chi connectivity index (χ1v) is 9.17. The second-order valence-electron chi connectivity index (χ2n) is 5.96. The number of carbonyl (C=O) groups is 1. The summed E-state index contributed by atoms with van der Waals surface area (Å²) in [5.41, 5.74) is 0.856. The van der Waals surface area contributed by atoms with Crippen LogP contribution >= 0.6 is 11.3 Å². The number of carbonyl (C=O) groups excluding carboxylic acids is 1. The van der Waals surface area contributed by atoms with E-state index in [9.17, 15) is 4.79 Å². The molecule has 2 aromatic rings. The normalized spacial score (nSPS) is 15.4. The Morgan fingerprint density at radius 1 is 1.24 bits per heavy atom. The standard InChI is InChI=1S/C17H24N4O3S/c1-12(22)18-6-7-20-8-10-21(11-9-20)17-19-15-14(25-17)5-4-13(23-2)16(15)24-3/h4-5H,6-11H2,1-3H3,(H,18,22). The number of hydrogen-bond acceptors (Lipinski definition) is 7. The van der Waals surface area contributed by atoms with E-state index in [2.05, 4.69) is 15.1 Å². The van der Waals surface area contributed by atoms with Gasteiger partial charge in [-0.1, -0.05) is 11.3 Å². The van der Waals surface area contributed by atoms with Gasteiger partial charge in [0.15, 0.2) is 16.6 Å². The monoisotopic (exact) mass is 364 g/mol. The first-order chi connectivity index (χ1) is 12.1. The highest BCUT2D eigenvalue weighted by molar-refractivity contribution is 7.22. The van der Waals surface area contributed by atoms with E-state index in [1.54, 1.807) is 32.5 Å². The van der Waals surface area contributed by atoms with Crippen molar-refractivity contribution in [2.75, 3.05) is 58.4 Å². The minimum absolute atomic E-state index is 0.0255. The maximum Gasteiger partial charge on any atom is 0.216 e. The molecule has 1 amide bonds. The summed E-state index contributed by atoms with van der Waals surface area (Å²) >= 11 is 1.68. The van der Waals surface area contributed by atoms with Crippen LogP contribution in [0.25, 0.3) is 10.2 Å². The molecule has 8 heteroatoms. The summed E-state index contributed by atoms with van der Waals surface area (Å²) in [5, 5.41) is 3.86. The Bertz CT molecular complexity index is 741. The Morgan fingerprint density at radius 2 is 2.00 bits per heavy atom. The highest BCUT2D eigenvalue weighted by atomic mass is 32.1. The van der Waals surface area contributed by atoms with E-state index in [0.29, 0.717) is 18.0 Å². The van der Waals surface area contributed by atoms with Crippen molar-refractivity contribution in [2.45, 2.75) is 6.92 Å². The smallest absolute Gasteiger partial charge is 0.216 e. The van der Waals surface area contributed by atoms with Crippen LogP contribution in [-0.4, -0.2) is 69.3 Å². The Balaban J connectivity index is 1.66. The van der Waals surface area contributed by atoms with Crippen molar-refractivity contribution < 1.29 is 14.3 Å². The van der Waals surface area contributed by atoms with Gasteiger partial charge in [-0.2, -0.15) is 0 Å². The zero-order valence-electron chi connectivity index (χ0n) is 14.9. The van der Waals surface area contributed by atoms with E-state index < -0.39 is 0 Å². The summed E-state index contributed by atoms with van der Waals surface area (Å²) in [6.45, 7) is 6.94. The SMILES string of the molecule is COc1ccc2sc(N3CCN(CCNC(C)=O)CC3)nc2c1OC. The molecule has 25 heavy (non-hydrogen) atoms. The minimum atomic E-state index is 0.0255. The lowest BCUT2D eigenvalue weighted by Crippen LogP contribution is -2.48. The molecule has 1 aromatic heterocycles. The highest BCUT2D eigenvalue weighted by Crippen LogP contribution is 2.39. The fourth-order valence-corrected chi connectivity index (χ4v) is 4.00. The number of methoxy groups -OCH3 is 2. The van der Waals surface area contributed by atoms with Crippen LogP contribution in [-0.2, 0) is 4.79 Å². The third-order valence-electron chi connectivity index (χ3n) is 4.34. The third kappa shape index (κ3) is 3.96. The molecule has 1 aromatic carbocycles. The van der Waals surface area contributed by atoms with Crippen molar-refractivity contribution in [1.82, 2.24) is 15.2 Å². The molecule has 1 N–H and O–H groups in total. The number of anilines is 1. The van der Waals surface area contributed by atoms with E-state index in [1.807, 2.05) is 12.1 Å². The number of hydrogen-bond donors (Lipinski definition) is 1. The van der Waals surface area contributed by atoms with Gasteiger partial charge in [0.2, 0.25) is 5.91 Å². The quantitative estimate of drug-likeness (QED) is 0.839. The van der Waals surface area contributed by atoms with Crippen molar-refractivity contribution in [1.29, 1.82) is 0 Å². The topological polar surface area (TPSA) is 66.9 Å². The molecule has 0 atom stereocenters. The number of rotatable bonds is 6. The number of piperazine rings is 1. The summed E-state index contributed by atoms with van der Waals surface area (Å²) < 4.78 is 11.9. The minimum Gasteiger partial charge on any atom is -0.493 e. The first-order valence-electron chi connectivity index (χ1n) is 8.35. The van der Waals surface area contributed by atoms with Gasteiger partial charge in [-0.25, -0.2) is 4.98 Å². The van der Waals surface area contributed by atoms with E-state index in [1.165, 1.54) is 0 Å². The van der Waals surface area contributed by atoms with Gasteiger partial charge >= 0.3 is 0 Å². The zero-order chi connectivity index (χ0) is 17.8. The molecule has 0 unspecified atom stereocenters. The van der Waals surface area contributed by atoms with Gasteiger partial charge in [-0.15, -0.1) is 0 Å². The molecular weight excluding hydrogens is 340 g/mol. The lowest BCUT2D eigenvalue weighted by molar-refractivity contribution is -0.119. The van der Waals surface area contributed by atoms with Crippen LogP contribution in [0.4, 0.5) is 5.13 Å². The van der Waals surface area contributed by atoms with Crippen LogP contribution in [0, 0.1) is 0 Å². The van der Waals surface area contributed by atoms with E-state index in [-0.39, 0.29) is 5.91 Å². The number of thiazole rings is 1. The lowest BCUT2D eigenvalue weighted by atomic mass is 10.3. The average molecular weight is 364 g/mol. The van der Waals surface area contributed by atoms with Gasteiger partial charge in [0.25, 0.3) is 0 Å². The molecule has 1 aliphatic rings. The number of benzene rings is 1. The first kappa shape index (κ1) is 17.8. The molecule has 2 heterocycles. The predicted molar refractivity (Wildman–Crippen MR) is 100 cm³/mol. The van der Waals surface area contributed by atoms with E-state index >= 15 is 0 Å². The van der Waals surface area contributed by atoms with Crippen molar-refractivity contribution in [3.8, 4) is 11.5 Å². The number of ether oxygens (including phenoxy) is 2. The fraction of sp³-hybridized carbons (Fsp3) is 0.529. The van der Waals surface area contributed by atoms with Crippen LogP contribution < -0.4 is 19.7 Å². The molecule has 0 radical (unpaired) electrons. The van der Waals surface area contributed by atoms with E-state index in [0.717, 1.165) is 48.1 Å². The molecule has 0 aliphatic carbocycles. The third-order valence-corrected chi connectivity index (χ3v) is 5.42. The second-order valence-corrected chi connectivity index (χ2v) is 6.97. The summed E-state index contributed by atoms with van der Waals surface area (Å²) in [7, 11) is 3.28. The van der Waals surface area contributed by atoms with Crippen LogP contribution in [0.1, 0.15) is 6.92 Å². The van der Waals surface area contributed by atoms with Crippen LogP contribution in [0.15, 0.2) is 12.1 Å². The maximum atomic E-state index is 10.9. The van der Waals surface area contributed by atoms with Gasteiger partial charge in [0.05, 0.1) is 18.9 Å². The largest absolute Gasteiger partial charge is 0.493 e. The van der Waals surface area contributed by atoms with Crippen molar-refractivity contribution >= 4 is 32.6 Å². The van der Waals surface area contributed by atoms with Gasteiger partial charge in [0, 0.05) is 46.2 Å². The Kier molecular flexibility index (Phi) is 5.60. The summed E-state index contributed by atoms with van der Waals surface area (Å²) in [6.07, 6.45) is 0. The van der Waals surface area contributed by atoms with Gasteiger partial charge < -0.3 is 19.7 Å². The fourth-order valence-electron chi connectivity index (χ4n) is 2.99. The molecule has 0 bridgehead atoms. The summed E-state index contributed by atoms with van der Waals surface area (Å²) in [6, 6.07) is 3.95. The molecule has 0 spiro atoms. The molecule has 7 nitrogen and oxygen atoms in total. The Morgan fingerprint density at radius 3 is 2.64 bits per heavy atom. The Labute approximate surface area is 151 Å². The van der Waals surface area contributed by atoms with E-state index in [4.69, 9.17) is 14.5 Å². The van der Waals surface area contributed by atoms with Gasteiger partial charge in [-0.3, -0.25) is 9.69 Å². The second kappa shape index (κ2) is 7.88. The molecule has 0 saturated carbocycles. The lowest BCUT2D eigenvalue weighted by Gasteiger charge is -2.34.